The second-order valence-electron chi connectivity index (χ2n) is 3.50. The monoisotopic (exact) mass is 241 g/mol. The highest BCUT2D eigenvalue weighted by Gasteiger charge is 2.16. The van der Waals surface area contributed by atoms with Crippen molar-refractivity contribution in [2.75, 3.05) is 13.6 Å². The molecule has 0 radical (unpaired) electrons. The Hall–Kier alpha value is -1.36. The number of hydrogen-bond donors (Lipinski definition) is 1. The van der Waals surface area contributed by atoms with Gasteiger partial charge in [-0.1, -0.05) is 6.92 Å². The molecule has 0 fully saturated rings. The Balaban J connectivity index is 2.66. The second-order valence-corrected chi connectivity index (χ2v) is 4.42. The summed E-state index contributed by atoms with van der Waals surface area (Å²) in [6.45, 7) is 2.24. The van der Waals surface area contributed by atoms with E-state index in [0.717, 1.165) is 16.9 Å². The number of carboxylic acids is 1. The minimum Gasteiger partial charge on any atom is -0.481 e. The summed E-state index contributed by atoms with van der Waals surface area (Å²) >= 11 is 1.41. The fourth-order valence-electron chi connectivity index (χ4n) is 1.34. The predicted octanol–water partition coefficient (Wildman–Crippen LogP) is 1.86. The number of rotatable bonds is 5. The van der Waals surface area contributed by atoms with Crippen molar-refractivity contribution < 1.29 is 14.7 Å². The van der Waals surface area contributed by atoms with Gasteiger partial charge < -0.3 is 10.0 Å². The molecule has 0 aliphatic heterocycles. The molecule has 1 N–H and O–H groups in total. The topological polar surface area (TPSA) is 57.6 Å². The van der Waals surface area contributed by atoms with Crippen LogP contribution in [0.15, 0.2) is 11.4 Å². The van der Waals surface area contributed by atoms with Crippen LogP contribution < -0.4 is 0 Å². The summed E-state index contributed by atoms with van der Waals surface area (Å²) < 4.78 is 0. The zero-order valence-electron chi connectivity index (χ0n) is 9.40. The van der Waals surface area contributed by atoms with Gasteiger partial charge in [-0.15, -0.1) is 11.3 Å². The molecule has 1 aromatic heterocycles. The first kappa shape index (κ1) is 12.7. The van der Waals surface area contributed by atoms with E-state index in [1.165, 1.54) is 16.2 Å². The minimum absolute atomic E-state index is 0.0188. The molecule has 0 unspecified atom stereocenters. The van der Waals surface area contributed by atoms with Crippen molar-refractivity contribution in [3.63, 3.8) is 0 Å². The highest BCUT2D eigenvalue weighted by molar-refractivity contribution is 7.12. The molecule has 1 rings (SSSR count). The third-order valence-corrected chi connectivity index (χ3v) is 3.27. The van der Waals surface area contributed by atoms with E-state index in [9.17, 15) is 9.59 Å². The molecule has 0 spiro atoms. The van der Waals surface area contributed by atoms with Gasteiger partial charge in [-0.3, -0.25) is 9.59 Å². The van der Waals surface area contributed by atoms with Crippen molar-refractivity contribution in [3.05, 3.63) is 21.9 Å². The van der Waals surface area contributed by atoms with Gasteiger partial charge in [0.25, 0.3) is 5.91 Å². The largest absolute Gasteiger partial charge is 0.481 e. The maximum Gasteiger partial charge on any atom is 0.305 e. The third-order valence-electron chi connectivity index (χ3n) is 2.33. The van der Waals surface area contributed by atoms with Gasteiger partial charge in [-0.2, -0.15) is 0 Å². The van der Waals surface area contributed by atoms with Crippen LogP contribution >= 0.6 is 11.3 Å². The number of carbonyl (C=O) groups is 2. The summed E-state index contributed by atoms with van der Waals surface area (Å²) in [4.78, 5) is 24.5. The zero-order valence-corrected chi connectivity index (χ0v) is 10.2. The first-order valence-electron chi connectivity index (χ1n) is 5.09. The smallest absolute Gasteiger partial charge is 0.305 e. The zero-order chi connectivity index (χ0) is 12.1. The van der Waals surface area contributed by atoms with Gasteiger partial charge in [-0.05, 0) is 23.4 Å². The van der Waals surface area contributed by atoms with Crippen LogP contribution in [0.5, 0.6) is 0 Å². The molecule has 0 saturated heterocycles. The summed E-state index contributed by atoms with van der Waals surface area (Å²) in [6, 6.07) is 1.93. The van der Waals surface area contributed by atoms with Gasteiger partial charge in [0.05, 0.1) is 11.3 Å². The molecule has 0 aromatic carbocycles. The number of hydrogen-bond acceptors (Lipinski definition) is 3. The number of aliphatic carboxylic acids is 1. The van der Waals surface area contributed by atoms with E-state index in [0.29, 0.717) is 0 Å². The molecule has 0 bridgehead atoms. The molecule has 1 aromatic rings. The average molecular weight is 241 g/mol. The molecule has 5 heteroatoms. The summed E-state index contributed by atoms with van der Waals surface area (Å²) in [5, 5.41) is 10.4. The Morgan fingerprint density at radius 1 is 1.50 bits per heavy atom. The van der Waals surface area contributed by atoms with E-state index in [2.05, 4.69) is 0 Å². The molecular weight excluding hydrogens is 226 g/mol. The van der Waals surface area contributed by atoms with Crippen LogP contribution in [-0.2, 0) is 11.2 Å². The van der Waals surface area contributed by atoms with E-state index in [-0.39, 0.29) is 18.9 Å². The van der Waals surface area contributed by atoms with Crippen LogP contribution in [0.3, 0.4) is 0 Å². The van der Waals surface area contributed by atoms with Gasteiger partial charge in [0.15, 0.2) is 0 Å². The lowest BCUT2D eigenvalue weighted by atomic mass is 10.2. The van der Waals surface area contributed by atoms with E-state index in [1.807, 2.05) is 18.4 Å². The lowest BCUT2D eigenvalue weighted by molar-refractivity contribution is -0.137. The molecule has 16 heavy (non-hydrogen) atoms. The van der Waals surface area contributed by atoms with Crippen molar-refractivity contribution in [3.8, 4) is 0 Å². The number of amides is 1. The Labute approximate surface area is 98.5 Å². The fourth-order valence-corrected chi connectivity index (χ4v) is 2.33. The van der Waals surface area contributed by atoms with Gasteiger partial charge in [-0.25, -0.2) is 0 Å². The van der Waals surface area contributed by atoms with Crippen LogP contribution in [0.4, 0.5) is 0 Å². The predicted molar refractivity (Wildman–Crippen MR) is 62.9 cm³/mol. The Morgan fingerprint density at radius 3 is 2.75 bits per heavy atom. The summed E-state index contributed by atoms with van der Waals surface area (Å²) in [5.74, 6) is -0.977. The molecule has 1 amide bonds. The van der Waals surface area contributed by atoms with E-state index >= 15 is 0 Å². The fraction of sp³-hybridized carbons (Fsp3) is 0.455. The minimum atomic E-state index is -0.887. The average Bonchev–Trinajstić information content (AvgIpc) is 2.72. The van der Waals surface area contributed by atoms with Crippen LogP contribution in [-0.4, -0.2) is 35.5 Å². The Kier molecular flexibility index (Phi) is 4.49. The van der Waals surface area contributed by atoms with Crippen molar-refractivity contribution >= 4 is 23.2 Å². The van der Waals surface area contributed by atoms with Crippen LogP contribution in [0.2, 0.25) is 0 Å². The Morgan fingerprint density at radius 2 is 2.19 bits per heavy atom. The van der Waals surface area contributed by atoms with Crippen LogP contribution in [0.25, 0.3) is 0 Å². The first-order valence-corrected chi connectivity index (χ1v) is 5.97. The normalized spacial score (nSPS) is 10.1. The van der Waals surface area contributed by atoms with E-state index < -0.39 is 5.97 Å². The van der Waals surface area contributed by atoms with Crippen LogP contribution in [0.1, 0.15) is 28.6 Å². The summed E-state index contributed by atoms with van der Waals surface area (Å²) in [7, 11) is 1.63. The summed E-state index contributed by atoms with van der Waals surface area (Å²) in [6.07, 6.45) is 0.798. The quantitative estimate of drug-likeness (QED) is 0.856. The number of carbonyl (C=O) groups excluding carboxylic acids is 1. The molecule has 0 saturated carbocycles. The number of thiophene rings is 1. The molecule has 0 aliphatic rings. The first-order chi connectivity index (χ1) is 7.56. The molecule has 0 aliphatic carbocycles. The van der Waals surface area contributed by atoms with E-state index in [4.69, 9.17) is 5.11 Å². The van der Waals surface area contributed by atoms with Gasteiger partial charge >= 0.3 is 5.97 Å². The molecule has 0 atom stereocenters. The van der Waals surface area contributed by atoms with Crippen molar-refractivity contribution in [2.45, 2.75) is 19.8 Å². The highest BCUT2D eigenvalue weighted by Crippen LogP contribution is 2.19. The summed E-state index contributed by atoms with van der Waals surface area (Å²) in [5.41, 5.74) is 1.03. The van der Waals surface area contributed by atoms with E-state index in [1.54, 1.807) is 7.05 Å². The second kappa shape index (κ2) is 5.65. The van der Waals surface area contributed by atoms with Gasteiger partial charge in [0.2, 0.25) is 0 Å². The molecular formula is C11H15NO3S. The molecule has 1 heterocycles. The third kappa shape index (κ3) is 3.06. The van der Waals surface area contributed by atoms with Gasteiger partial charge in [0.1, 0.15) is 0 Å². The van der Waals surface area contributed by atoms with Crippen LogP contribution in [0, 0.1) is 0 Å². The molecule has 4 nitrogen and oxygen atoms in total. The number of carboxylic acid groups (broad SMARTS) is 1. The maximum absolute atomic E-state index is 11.9. The van der Waals surface area contributed by atoms with Crippen molar-refractivity contribution in [1.29, 1.82) is 0 Å². The standard InChI is InChI=1S/C11H15NO3S/c1-3-8-5-7-16-10(8)11(15)12(2)6-4-9(13)14/h5,7H,3-4,6H2,1-2H3,(H,13,14). The lowest BCUT2D eigenvalue weighted by Crippen LogP contribution is -2.29. The lowest BCUT2D eigenvalue weighted by Gasteiger charge is -2.15. The Bertz CT molecular complexity index is 386. The maximum atomic E-state index is 11.9. The molecule has 88 valence electrons. The van der Waals surface area contributed by atoms with Gasteiger partial charge in [0, 0.05) is 13.6 Å². The van der Waals surface area contributed by atoms with Crippen molar-refractivity contribution in [1.82, 2.24) is 4.90 Å². The number of aryl methyl sites for hydroxylation is 1. The SMILES string of the molecule is CCc1ccsc1C(=O)N(C)CCC(=O)O. The van der Waals surface area contributed by atoms with Crippen molar-refractivity contribution in [2.24, 2.45) is 0 Å². The highest BCUT2D eigenvalue weighted by atomic mass is 32.1. The number of nitrogens with zero attached hydrogens (tertiary/aromatic N) is 1.